The number of ether oxygens (including phenoxy) is 1. The molecule has 2 heterocycles. The molecule has 0 unspecified atom stereocenters. The topological polar surface area (TPSA) is 151 Å². The minimum absolute atomic E-state index is 0.346. The van der Waals surface area contributed by atoms with Crippen molar-refractivity contribution in [2.24, 2.45) is 0 Å². The number of H-pyrrole nitrogens is 1. The van der Waals surface area contributed by atoms with Gasteiger partial charge in [-0.2, -0.15) is 0 Å². The number of rotatable bonds is 4. The number of nitrogens with one attached hydrogen (secondary N) is 1. The van der Waals surface area contributed by atoms with E-state index in [0.29, 0.717) is 4.57 Å². The number of halogens is 1. The highest BCUT2D eigenvalue weighted by molar-refractivity contribution is 7.46. The molecule has 0 spiro atoms. The van der Waals surface area contributed by atoms with Gasteiger partial charge in [0.2, 0.25) is 5.85 Å². The number of alkyl halides is 1. The summed E-state index contributed by atoms with van der Waals surface area (Å²) >= 11 is 0. The zero-order valence-corrected chi connectivity index (χ0v) is 12.1. The van der Waals surface area contributed by atoms with Gasteiger partial charge in [0.05, 0.1) is 2.74 Å². The van der Waals surface area contributed by atoms with Gasteiger partial charge in [-0.1, -0.05) is 5.92 Å². The van der Waals surface area contributed by atoms with Crippen LogP contribution in [0.3, 0.4) is 0 Å². The van der Waals surface area contributed by atoms with Gasteiger partial charge in [-0.05, 0) is 0 Å². The molecule has 0 radical (unpaired) electrons. The number of aromatic amines is 1. The van der Waals surface area contributed by atoms with Crippen molar-refractivity contribution in [3.8, 4) is 12.3 Å². The van der Waals surface area contributed by atoms with Crippen LogP contribution >= 0.6 is 7.82 Å². The van der Waals surface area contributed by atoms with Gasteiger partial charge in [-0.25, -0.2) is 13.8 Å². The van der Waals surface area contributed by atoms with Gasteiger partial charge in [0.25, 0.3) is 5.56 Å². The van der Waals surface area contributed by atoms with Crippen molar-refractivity contribution >= 4 is 7.82 Å². The Morgan fingerprint density at radius 3 is 2.91 bits per heavy atom. The third kappa shape index (κ3) is 3.94. The average molecular weight is 352 g/mol. The summed E-state index contributed by atoms with van der Waals surface area (Å²) in [4.78, 5) is 42.4. The highest BCUT2D eigenvalue weighted by Gasteiger charge is 2.49. The first-order valence-corrected chi connectivity index (χ1v) is 7.46. The molecular weight excluding hydrogens is 338 g/mol. The maximum absolute atomic E-state index is 14.7. The maximum atomic E-state index is 14.7. The Bertz CT molecular complexity index is 889. The number of phosphoric acid groups is 1. The number of nitrogens with zero attached hydrogens (tertiary/aromatic N) is 1. The number of aliphatic hydroxyl groups excluding tert-OH is 1. The normalized spacial score (nSPS) is 29.7. The SMILES string of the molecule is [2H]C([2H])(OP(=O)(O)O)[C@]1(F)C[C@@H](O)[C@H](n2cc(C#C)c(=O)[nH]c2=O)O1. The second-order valence-electron chi connectivity index (χ2n) is 4.55. The predicted octanol–water partition coefficient (Wildman–Crippen LogP) is -1.43. The molecular formula is C11H12FN2O8P. The van der Waals surface area contributed by atoms with Gasteiger partial charge in [-0.3, -0.25) is 18.9 Å². The Labute approximate surface area is 130 Å². The van der Waals surface area contributed by atoms with Crippen molar-refractivity contribution in [3.05, 3.63) is 32.6 Å². The molecule has 126 valence electrons. The lowest BCUT2D eigenvalue weighted by atomic mass is 10.2. The van der Waals surface area contributed by atoms with Crippen molar-refractivity contribution in [1.29, 1.82) is 0 Å². The summed E-state index contributed by atoms with van der Waals surface area (Å²) in [6.07, 6.45) is 1.07. The van der Waals surface area contributed by atoms with E-state index in [1.165, 1.54) is 0 Å². The quantitative estimate of drug-likeness (QED) is 0.380. The number of hydrogen-bond donors (Lipinski definition) is 4. The molecule has 12 heteroatoms. The molecule has 1 saturated heterocycles. The van der Waals surface area contributed by atoms with Crippen molar-refractivity contribution in [2.75, 3.05) is 6.56 Å². The number of aromatic nitrogens is 2. The molecule has 0 aromatic carbocycles. The van der Waals surface area contributed by atoms with Crippen LogP contribution in [-0.2, 0) is 13.8 Å². The number of terminal acetylenes is 1. The summed E-state index contributed by atoms with van der Waals surface area (Å²) in [5.41, 5.74) is -2.39. The average Bonchev–Trinajstić information content (AvgIpc) is 2.73. The standard InChI is InChI=1S/C11H12FN2O8P/c1-2-6-4-14(10(17)13-8(6)16)9-7(15)3-11(12,22-9)5-21-23(18,19)20/h1,4,7,9,15H,3,5H2,(H,13,16,17)(H2,18,19,20)/t7-,9-,11+/m1/s1/i5D2. The van der Waals surface area contributed by atoms with Crippen LogP contribution in [-0.4, -0.2) is 43.0 Å². The lowest BCUT2D eigenvalue weighted by Crippen LogP contribution is -2.37. The summed E-state index contributed by atoms with van der Waals surface area (Å²) in [6, 6.07) is 0. The van der Waals surface area contributed by atoms with Gasteiger partial charge in [0, 0.05) is 12.6 Å². The van der Waals surface area contributed by atoms with Crippen molar-refractivity contribution in [1.82, 2.24) is 9.55 Å². The molecule has 1 fully saturated rings. The minimum atomic E-state index is -5.44. The number of aliphatic hydroxyl groups is 1. The first-order valence-electron chi connectivity index (χ1n) is 6.93. The Morgan fingerprint density at radius 2 is 2.35 bits per heavy atom. The van der Waals surface area contributed by atoms with Gasteiger partial charge >= 0.3 is 13.5 Å². The van der Waals surface area contributed by atoms with E-state index >= 15 is 0 Å². The molecule has 0 amide bonds. The van der Waals surface area contributed by atoms with Gasteiger partial charge < -0.3 is 19.6 Å². The van der Waals surface area contributed by atoms with Crippen molar-refractivity contribution in [3.63, 3.8) is 0 Å². The minimum Gasteiger partial charge on any atom is -0.388 e. The lowest BCUT2D eigenvalue weighted by Gasteiger charge is -2.21. The molecule has 0 bridgehead atoms. The van der Waals surface area contributed by atoms with Gasteiger partial charge in [0.15, 0.2) is 6.23 Å². The van der Waals surface area contributed by atoms with E-state index < -0.39 is 50.2 Å². The van der Waals surface area contributed by atoms with E-state index in [1.54, 1.807) is 4.98 Å². The van der Waals surface area contributed by atoms with Crippen molar-refractivity contribution < 1.29 is 35.9 Å². The predicted molar refractivity (Wildman–Crippen MR) is 71.8 cm³/mol. The van der Waals surface area contributed by atoms with Crippen LogP contribution in [0.25, 0.3) is 0 Å². The molecule has 23 heavy (non-hydrogen) atoms. The number of phosphoric ester groups is 1. The molecule has 1 aromatic heterocycles. The van der Waals surface area contributed by atoms with Crippen LogP contribution in [0.1, 0.15) is 21.0 Å². The molecule has 4 N–H and O–H groups in total. The van der Waals surface area contributed by atoms with E-state index in [2.05, 4.69) is 4.52 Å². The molecule has 1 aliphatic heterocycles. The van der Waals surface area contributed by atoms with Crippen LogP contribution in [0.4, 0.5) is 4.39 Å². The first-order chi connectivity index (χ1) is 11.3. The fraction of sp³-hybridized carbons (Fsp3) is 0.455. The molecule has 10 nitrogen and oxygen atoms in total. The van der Waals surface area contributed by atoms with Gasteiger partial charge in [-0.15, -0.1) is 6.42 Å². The van der Waals surface area contributed by atoms with E-state index in [9.17, 15) is 23.7 Å². The first kappa shape index (κ1) is 14.8. The second-order valence-corrected chi connectivity index (χ2v) is 5.71. The zero-order valence-electron chi connectivity index (χ0n) is 13.2. The molecule has 2 rings (SSSR count). The Kier molecular flexibility index (Phi) is 3.86. The highest BCUT2D eigenvalue weighted by Crippen LogP contribution is 2.42. The summed E-state index contributed by atoms with van der Waals surface area (Å²) in [5.74, 6) is -1.56. The third-order valence-corrected chi connectivity index (χ3v) is 3.15. The summed E-state index contributed by atoms with van der Waals surface area (Å²) in [6.45, 7) is -3.66. The van der Waals surface area contributed by atoms with E-state index in [4.69, 9.17) is 23.7 Å². The Morgan fingerprint density at radius 1 is 1.70 bits per heavy atom. The fourth-order valence-electron chi connectivity index (χ4n) is 1.90. The lowest BCUT2D eigenvalue weighted by molar-refractivity contribution is -0.178. The van der Waals surface area contributed by atoms with Crippen LogP contribution in [0, 0.1) is 12.3 Å². The number of hydrogen-bond acceptors (Lipinski definition) is 6. The highest BCUT2D eigenvalue weighted by atomic mass is 31.2. The third-order valence-electron chi connectivity index (χ3n) is 2.82. The maximum Gasteiger partial charge on any atom is 0.469 e. The smallest absolute Gasteiger partial charge is 0.388 e. The second kappa shape index (κ2) is 6.01. The van der Waals surface area contributed by atoms with E-state index in [0.717, 1.165) is 6.20 Å². The summed E-state index contributed by atoms with van der Waals surface area (Å²) in [5, 5.41) is 9.91. The summed E-state index contributed by atoms with van der Waals surface area (Å²) < 4.78 is 49.2. The molecule has 1 aliphatic rings. The van der Waals surface area contributed by atoms with Crippen LogP contribution in [0.5, 0.6) is 0 Å². The van der Waals surface area contributed by atoms with Crippen LogP contribution < -0.4 is 11.2 Å². The van der Waals surface area contributed by atoms with Crippen LogP contribution in [0.15, 0.2) is 15.8 Å². The van der Waals surface area contributed by atoms with Crippen molar-refractivity contribution in [2.45, 2.75) is 24.6 Å². The Balaban J connectivity index is 2.43. The van der Waals surface area contributed by atoms with E-state index in [-0.39, 0.29) is 5.56 Å². The zero-order chi connectivity index (χ0) is 19.2. The van der Waals surface area contributed by atoms with Gasteiger partial charge in [0.1, 0.15) is 18.2 Å². The van der Waals surface area contributed by atoms with E-state index in [1.807, 2.05) is 5.92 Å². The fourth-order valence-corrected chi connectivity index (χ4v) is 2.16. The molecule has 0 aliphatic carbocycles. The molecule has 3 atom stereocenters. The Hall–Kier alpha value is -1.80. The monoisotopic (exact) mass is 352 g/mol. The summed E-state index contributed by atoms with van der Waals surface area (Å²) in [7, 11) is -5.44. The molecule has 0 saturated carbocycles. The van der Waals surface area contributed by atoms with Crippen LogP contribution in [0.2, 0.25) is 0 Å². The largest absolute Gasteiger partial charge is 0.469 e. The molecule has 1 aromatic rings.